The SMILES string of the molecule is CNC(Cn1cncn1)c1ccc2c(c1)OCCCO2. The zero-order chi connectivity index (χ0) is 13.8. The zero-order valence-corrected chi connectivity index (χ0v) is 11.5. The van der Waals surface area contributed by atoms with Crippen LogP contribution in [0.2, 0.25) is 0 Å². The molecule has 2 heterocycles. The van der Waals surface area contributed by atoms with Gasteiger partial charge in [0.2, 0.25) is 0 Å². The molecule has 1 atom stereocenters. The minimum Gasteiger partial charge on any atom is -0.490 e. The van der Waals surface area contributed by atoms with Crippen LogP contribution in [0.15, 0.2) is 30.9 Å². The van der Waals surface area contributed by atoms with Gasteiger partial charge < -0.3 is 14.8 Å². The molecule has 6 nitrogen and oxygen atoms in total. The van der Waals surface area contributed by atoms with Gasteiger partial charge in [-0.05, 0) is 24.7 Å². The Morgan fingerprint density at radius 2 is 2.15 bits per heavy atom. The molecule has 0 fully saturated rings. The van der Waals surface area contributed by atoms with E-state index in [2.05, 4.69) is 21.5 Å². The summed E-state index contributed by atoms with van der Waals surface area (Å²) in [5.41, 5.74) is 1.15. The van der Waals surface area contributed by atoms with E-state index >= 15 is 0 Å². The summed E-state index contributed by atoms with van der Waals surface area (Å²) in [6, 6.07) is 6.22. The van der Waals surface area contributed by atoms with E-state index in [-0.39, 0.29) is 6.04 Å². The van der Waals surface area contributed by atoms with E-state index in [1.54, 1.807) is 12.7 Å². The first kappa shape index (κ1) is 12.9. The Hall–Kier alpha value is -2.08. The first-order chi connectivity index (χ1) is 9.86. The Kier molecular flexibility index (Phi) is 3.83. The standard InChI is InChI=1S/C14H18N4O2/c1-15-12(8-18-10-16-9-17-18)11-3-4-13-14(7-11)20-6-2-5-19-13/h3-4,7,9-10,12,15H,2,5-6,8H2,1H3. The second kappa shape index (κ2) is 5.92. The molecular formula is C14H18N4O2. The van der Waals surface area contributed by atoms with Gasteiger partial charge in [-0.25, -0.2) is 4.98 Å². The van der Waals surface area contributed by atoms with Crippen molar-refractivity contribution >= 4 is 0 Å². The summed E-state index contributed by atoms with van der Waals surface area (Å²) in [4.78, 5) is 3.97. The molecule has 0 saturated carbocycles. The van der Waals surface area contributed by atoms with Gasteiger partial charge in [0.15, 0.2) is 11.5 Å². The Bertz CT molecular complexity index is 556. The molecule has 106 valence electrons. The average Bonchev–Trinajstić information content (AvgIpc) is 2.87. The van der Waals surface area contributed by atoms with Gasteiger partial charge >= 0.3 is 0 Å². The van der Waals surface area contributed by atoms with Crippen molar-refractivity contribution in [2.75, 3.05) is 20.3 Å². The smallest absolute Gasteiger partial charge is 0.161 e. The predicted octanol–water partition coefficient (Wildman–Crippen LogP) is 1.40. The highest BCUT2D eigenvalue weighted by Gasteiger charge is 2.16. The number of nitrogens with zero attached hydrogens (tertiary/aromatic N) is 3. The predicted molar refractivity (Wildman–Crippen MR) is 73.9 cm³/mol. The minimum absolute atomic E-state index is 0.147. The summed E-state index contributed by atoms with van der Waals surface area (Å²) in [6.45, 7) is 2.13. The molecule has 0 radical (unpaired) electrons. The van der Waals surface area contributed by atoms with Crippen molar-refractivity contribution in [1.82, 2.24) is 20.1 Å². The van der Waals surface area contributed by atoms with Crippen LogP contribution in [0, 0.1) is 0 Å². The van der Waals surface area contributed by atoms with Gasteiger partial charge in [-0.1, -0.05) is 6.07 Å². The monoisotopic (exact) mass is 274 g/mol. The molecule has 1 aromatic carbocycles. The summed E-state index contributed by atoms with van der Waals surface area (Å²) in [5.74, 6) is 1.64. The number of likely N-dealkylation sites (N-methyl/N-ethyl adjacent to an activating group) is 1. The third-order valence-corrected chi connectivity index (χ3v) is 3.36. The highest BCUT2D eigenvalue weighted by molar-refractivity contribution is 5.44. The fraction of sp³-hybridized carbons (Fsp3) is 0.429. The van der Waals surface area contributed by atoms with Crippen LogP contribution in [-0.4, -0.2) is 35.0 Å². The van der Waals surface area contributed by atoms with E-state index < -0.39 is 0 Å². The normalized spacial score (nSPS) is 15.7. The Morgan fingerprint density at radius 3 is 2.90 bits per heavy atom. The average molecular weight is 274 g/mol. The van der Waals surface area contributed by atoms with E-state index in [0.29, 0.717) is 13.2 Å². The number of nitrogens with one attached hydrogen (secondary N) is 1. The van der Waals surface area contributed by atoms with E-state index in [0.717, 1.165) is 30.0 Å². The van der Waals surface area contributed by atoms with Gasteiger partial charge in [0.05, 0.1) is 25.8 Å². The summed E-state index contributed by atoms with van der Waals surface area (Å²) in [6.07, 6.45) is 4.17. The molecule has 20 heavy (non-hydrogen) atoms. The number of benzene rings is 1. The second-order valence-corrected chi connectivity index (χ2v) is 4.72. The van der Waals surface area contributed by atoms with E-state index in [4.69, 9.17) is 9.47 Å². The number of ether oxygens (including phenoxy) is 2. The molecule has 0 spiro atoms. The van der Waals surface area contributed by atoms with Crippen molar-refractivity contribution in [3.8, 4) is 11.5 Å². The molecule has 0 saturated heterocycles. The summed E-state index contributed by atoms with van der Waals surface area (Å²) in [5, 5.41) is 7.44. The van der Waals surface area contributed by atoms with Crippen LogP contribution in [0.4, 0.5) is 0 Å². The largest absolute Gasteiger partial charge is 0.490 e. The van der Waals surface area contributed by atoms with Crippen LogP contribution in [-0.2, 0) is 6.54 Å². The van der Waals surface area contributed by atoms with E-state index in [9.17, 15) is 0 Å². The van der Waals surface area contributed by atoms with E-state index in [1.165, 1.54) is 0 Å². The first-order valence-electron chi connectivity index (χ1n) is 6.76. The van der Waals surface area contributed by atoms with Crippen molar-refractivity contribution in [2.45, 2.75) is 19.0 Å². The zero-order valence-electron chi connectivity index (χ0n) is 11.5. The van der Waals surface area contributed by atoms with Crippen LogP contribution in [0.1, 0.15) is 18.0 Å². The molecule has 2 aromatic rings. The molecule has 0 bridgehead atoms. The lowest BCUT2D eigenvalue weighted by molar-refractivity contribution is 0.297. The number of hydrogen-bond acceptors (Lipinski definition) is 5. The highest BCUT2D eigenvalue weighted by atomic mass is 16.5. The third-order valence-electron chi connectivity index (χ3n) is 3.36. The first-order valence-corrected chi connectivity index (χ1v) is 6.76. The fourth-order valence-electron chi connectivity index (χ4n) is 2.27. The number of aromatic nitrogens is 3. The summed E-state index contributed by atoms with van der Waals surface area (Å²) in [7, 11) is 1.94. The van der Waals surface area contributed by atoms with Crippen molar-refractivity contribution < 1.29 is 9.47 Å². The molecule has 1 N–H and O–H groups in total. The van der Waals surface area contributed by atoms with Gasteiger partial charge in [0.1, 0.15) is 12.7 Å². The summed E-state index contributed by atoms with van der Waals surface area (Å²) < 4.78 is 13.2. The lowest BCUT2D eigenvalue weighted by Gasteiger charge is -2.18. The van der Waals surface area contributed by atoms with Crippen molar-refractivity contribution in [3.05, 3.63) is 36.4 Å². The molecule has 1 aliphatic heterocycles. The van der Waals surface area contributed by atoms with Crippen LogP contribution in [0.5, 0.6) is 11.5 Å². The Labute approximate surface area is 117 Å². The molecule has 6 heteroatoms. The minimum atomic E-state index is 0.147. The summed E-state index contributed by atoms with van der Waals surface area (Å²) >= 11 is 0. The Morgan fingerprint density at radius 1 is 1.30 bits per heavy atom. The maximum atomic E-state index is 5.73. The van der Waals surface area contributed by atoms with Crippen molar-refractivity contribution in [2.24, 2.45) is 0 Å². The molecule has 1 unspecified atom stereocenters. The lowest BCUT2D eigenvalue weighted by Crippen LogP contribution is -2.22. The van der Waals surface area contributed by atoms with E-state index in [1.807, 2.05) is 23.9 Å². The van der Waals surface area contributed by atoms with Gasteiger partial charge in [-0.2, -0.15) is 5.10 Å². The molecule has 3 rings (SSSR count). The van der Waals surface area contributed by atoms with Crippen molar-refractivity contribution in [1.29, 1.82) is 0 Å². The van der Waals surface area contributed by atoms with Crippen LogP contribution in [0.3, 0.4) is 0 Å². The number of rotatable bonds is 4. The van der Waals surface area contributed by atoms with Crippen LogP contribution < -0.4 is 14.8 Å². The van der Waals surface area contributed by atoms with Gasteiger partial charge in [0, 0.05) is 6.42 Å². The third kappa shape index (κ3) is 2.75. The number of hydrogen-bond donors (Lipinski definition) is 1. The maximum absolute atomic E-state index is 5.73. The number of fused-ring (bicyclic) bond motifs is 1. The highest BCUT2D eigenvalue weighted by Crippen LogP contribution is 2.32. The molecular weight excluding hydrogens is 256 g/mol. The fourth-order valence-corrected chi connectivity index (χ4v) is 2.27. The molecule has 1 aliphatic rings. The Balaban J connectivity index is 1.82. The molecule has 0 aliphatic carbocycles. The van der Waals surface area contributed by atoms with Gasteiger partial charge in [-0.15, -0.1) is 0 Å². The van der Waals surface area contributed by atoms with Crippen molar-refractivity contribution in [3.63, 3.8) is 0 Å². The van der Waals surface area contributed by atoms with Crippen LogP contribution in [0.25, 0.3) is 0 Å². The quantitative estimate of drug-likeness (QED) is 0.913. The van der Waals surface area contributed by atoms with Crippen LogP contribution >= 0.6 is 0 Å². The van der Waals surface area contributed by atoms with Gasteiger partial charge in [-0.3, -0.25) is 4.68 Å². The topological polar surface area (TPSA) is 61.2 Å². The lowest BCUT2D eigenvalue weighted by atomic mass is 10.1. The second-order valence-electron chi connectivity index (χ2n) is 4.72. The molecule has 1 aromatic heterocycles. The maximum Gasteiger partial charge on any atom is 0.161 e. The van der Waals surface area contributed by atoms with Gasteiger partial charge in [0.25, 0.3) is 0 Å². The molecule has 0 amide bonds.